The minimum absolute atomic E-state index is 0.250. The van der Waals surface area contributed by atoms with Gasteiger partial charge in [0.2, 0.25) is 0 Å². The van der Waals surface area contributed by atoms with Crippen molar-refractivity contribution in [3.05, 3.63) is 33.3 Å². The number of rotatable bonds is 6. The molecular formula is C13H15BrClNO3. The number of carbonyl (C=O) groups excluding carboxylic acids is 1. The summed E-state index contributed by atoms with van der Waals surface area (Å²) in [6.45, 7) is 2.08. The van der Waals surface area contributed by atoms with Gasteiger partial charge in [-0.05, 0) is 31.0 Å². The summed E-state index contributed by atoms with van der Waals surface area (Å²) in [6, 6.07) is 5.04. The molecule has 1 amide bonds. The first kappa shape index (κ1) is 16.0. The van der Waals surface area contributed by atoms with Gasteiger partial charge in [0.15, 0.2) is 0 Å². The number of carboxylic acids is 1. The Balaban J connectivity index is 2.41. The smallest absolute Gasteiger partial charge is 0.306 e. The first-order chi connectivity index (χ1) is 8.91. The van der Waals surface area contributed by atoms with Crippen LogP contribution in [0.2, 0.25) is 5.02 Å². The first-order valence-electron chi connectivity index (χ1n) is 5.88. The molecule has 19 heavy (non-hydrogen) atoms. The van der Waals surface area contributed by atoms with Crippen LogP contribution in [-0.4, -0.2) is 23.5 Å². The number of nitrogens with one attached hydrogen (secondary N) is 1. The first-order valence-corrected chi connectivity index (χ1v) is 7.05. The Morgan fingerprint density at radius 1 is 1.47 bits per heavy atom. The molecule has 0 aliphatic carbocycles. The van der Waals surface area contributed by atoms with Gasteiger partial charge in [-0.1, -0.05) is 34.5 Å². The minimum atomic E-state index is -0.817. The molecule has 0 saturated carbocycles. The molecule has 1 aromatic carbocycles. The molecule has 0 radical (unpaired) electrons. The molecule has 104 valence electrons. The Hall–Kier alpha value is -1.07. The molecule has 1 aromatic rings. The largest absolute Gasteiger partial charge is 0.481 e. The highest BCUT2D eigenvalue weighted by Crippen LogP contribution is 2.21. The highest BCUT2D eigenvalue weighted by atomic mass is 79.9. The summed E-state index contributed by atoms with van der Waals surface area (Å²) in [6.07, 6.45) is 1.15. The Bertz CT molecular complexity index is 479. The fourth-order valence-electron chi connectivity index (χ4n) is 1.50. The van der Waals surface area contributed by atoms with Crippen LogP contribution in [0.5, 0.6) is 0 Å². The summed E-state index contributed by atoms with van der Waals surface area (Å²) < 4.78 is 0.810. The SMILES string of the molecule is CC(CCCNC(=O)c1ccc(Br)cc1Cl)C(=O)O. The van der Waals surface area contributed by atoms with E-state index in [0.717, 1.165) is 4.47 Å². The maximum atomic E-state index is 11.8. The summed E-state index contributed by atoms with van der Waals surface area (Å²) in [5.74, 6) is -1.46. The quantitative estimate of drug-likeness (QED) is 0.775. The average molecular weight is 349 g/mol. The van der Waals surface area contributed by atoms with Gasteiger partial charge < -0.3 is 10.4 Å². The minimum Gasteiger partial charge on any atom is -0.481 e. The molecule has 0 spiro atoms. The molecule has 0 aliphatic rings. The van der Waals surface area contributed by atoms with E-state index in [2.05, 4.69) is 21.2 Å². The van der Waals surface area contributed by atoms with Crippen molar-refractivity contribution in [1.29, 1.82) is 0 Å². The van der Waals surface area contributed by atoms with Crippen molar-refractivity contribution in [2.45, 2.75) is 19.8 Å². The lowest BCUT2D eigenvalue weighted by Gasteiger charge is -2.08. The standard InChI is InChI=1S/C13H15BrClNO3/c1-8(13(18)19)3-2-6-16-12(17)10-5-4-9(14)7-11(10)15/h4-5,7-8H,2-3,6H2,1H3,(H,16,17)(H,18,19). The van der Waals surface area contributed by atoms with E-state index in [1.54, 1.807) is 25.1 Å². The van der Waals surface area contributed by atoms with Crippen molar-refractivity contribution in [2.24, 2.45) is 5.92 Å². The van der Waals surface area contributed by atoms with Crippen LogP contribution in [0.1, 0.15) is 30.1 Å². The van der Waals surface area contributed by atoms with Gasteiger partial charge in [-0.2, -0.15) is 0 Å². The summed E-state index contributed by atoms with van der Waals surface area (Å²) in [4.78, 5) is 22.4. The second-order valence-electron chi connectivity index (χ2n) is 4.26. The van der Waals surface area contributed by atoms with Gasteiger partial charge in [-0.3, -0.25) is 9.59 Å². The number of aliphatic carboxylic acids is 1. The normalized spacial score (nSPS) is 11.9. The molecule has 2 N–H and O–H groups in total. The van der Waals surface area contributed by atoms with E-state index in [9.17, 15) is 9.59 Å². The van der Waals surface area contributed by atoms with Crippen molar-refractivity contribution in [2.75, 3.05) is 6.54 Å². The Morgan fingerprint density at radius 2 is 2.16 bits per heavy atom. The lowest BCUT2D eigenvalue weighted by Crippen LogP contribution is -2.25. The van der Waals surface area contributed by atoms with Crippen molar-refractivity contribution in [1.82, 2.24) is 5.32 Å². The lowest BCUT2D eigenvalue weighted by molar-refractivity contribution is -0.141. The molecule has 1 atom stereocenters. The lowest BCUT2D eigenvalue weighted by atomic mass is 10.1. The summed E-state index contributed by atoms with van der Waals surface area (Å²) in [7, 11) is 0. The van der Waals surface area contributed by atoms with E-state index in [0.29, 0.717) is 30.0 Å². The summed E-state index contributed by atoms with van der Waals surface area (Å²) >= 11 is 9.23. The number of carbonyl (C=O) groups is 2. The van der Waals surface area contributed by atoms with Crippen molar-refractivity contribution in [3.8, 4) is 0 Å². The van der Waals surface area contributed by atoms with Crippen LogP contribution < -0.4 is 5.32 Å². The van der Waals surface area contributed by atoms with Crippen molar-refractivity contribution in [3.63, 3.8) is 0 Å². The van der Waals surface area contributed by atoms with Gasteiger partial charge in [-0.25, -0.2) is 0 Å². The third-order valence-corrected chi connectivity index (χ3v) is 3.50. The van der Waals surface area contributed by atoms with Gasteiger partial charge in [0.25, 0.3) is 5.91 Å². The maximum Gasteiger partial charge on any atom is 0.306 e. The number of hydrogen-bond donors (Lipinski definition) is 2. The summed E-state index contributed by atoms with van der Waals surface area (Å²) in [5.41, 5.74) is 0.413. The monoisotopic (exact) mass is 347 g/mol. The van der Waals surface area contributed by atoms with E-state index < -0.39 is 11.9 Å². The molecule has 0 aromatic heterocycles. The highest BCUT2D eigenvalue weighted by molar-refractivity contribution is 9.10. The number of benzene rings is 1. The Morgan fingerprint density at radius 3 is 2.74 bits per heavy atom. The molecular weight excluding hydrogens is 334 g/mol. The molecule has 0 bridgehead atoms. The molecule has 0 saturated heterocycles. The molecule has 0 heterocycles. The van der Waals surface area contributed by atoms with Gasteiger partial charge >= 0.3 is 5.97 Å². The molecule has 1 unspecified atom stereocenters. The van der Waals surface area contributed by atoms with Gasteiger partial charge in [-0.15, -0.1) is 0 Å². The predicted octanol–water partition coefficient (Wildman–Crippen LogP) is 3.33. The maximum absolute atomic E-state index is 11.8. The molecule has 6 heteroatoms. The Labute approximate surface area is 125 Å². The van der Waals surface area contributed by atoms with Gasteiger partial charge in [0.05, 0.1) is 16.5 Å². The molecule has 4 nitrogen and oxygen atoms in total. The Kier molecular flexibility index (Phi) is 6.31. The average Bonchev–Trinajstić information content (AvgIpc) is 2.33. The summed E-state index contributed by atoms with van der Waals surface area (Å²) in [5, 5.41) is 11.8. The topological polar surface area (TPSA) is 66.4 Å². The van der Waals surface area contributed by atoms with Crippen LogP contribution in [0, 0.1) is 5.92 Å². The van der Waals surface area contributed by atoms with Crippen LogP contribution in [0.4, 0.5) is 0 Å². The molecule has 0 fully saturated rings. The second kappa shape index (κ2) is 7.50. The zero-order chi connectivity index (χ0) is 14.4. The number of carboxylic acid groups (broad SMARTS) is 1. The van der Waals surface area contributed by atoms with Gasteiger partial charge in [0, 0.05) is 11.0 Å². The predicted molar refractivity (Wildman–Crippen MR) is 77.5 cm³/mol. The van der Waals surface area contributed by atoms with Crippen LogP contribution in [0.3, 0.4) is 0 Å². The van der Waals surface area contributed by atoms with E-state index in [1.165, 1.54) is 0 Å². The van der Waals surface area contributed by atoms with Crippen LogP contribution in [0.15, 0.2) is 22.7 Å². The van der Waals surface area contributed by atoms with Crippen LogP contribution >= 0.6 is 27.5 Å². The fourth-order valence-corrected chi connectivity index (χ4v) is 2.26. The van der Waals surface area contributed by atoms with E-state index in [1.807, 2.05) is 0 Å². The zero-order valence-corrected chi connectivity index (χ0v) is 12.8. The van der Waals surface area contributed by atoms with E-state index >= 15 is 0 Å². The number of amides is 1. The molecule has 1 rings (SSSR count). The number of halogens is 2. The van der Waals surface area contributed by atoms with E-state index in [-0.39, 0.29) is 5.91 Å². The fraction of sp³-hybridized carbons (Fsp3) is 0.385. The van der Waals surface area contributed by atoms with E-state index in [4.69, 9.17) is 16.7 Å². The highest BCUT2D eigenvalue weighted by Gasteiger charge is 2.12. The zero-order valence-electron chi connectivity index (χ0n) is 10.5. The third-order valence-electron chi connectivity index (χ3n) is 2.70. The number of hydrogen-bond acceptors (Lipinski definition) is 2. The molecule has 0 aliphatic heterocycles. The van der Waals surface area contributed by atoms with Crippen LogP contribution in [0.25, 0.3) is 0 Å². The van der Waals surface area contributed by atoms with Crippen molar-refractivity contribution < 1.29 is 14.7 Å². The third kappa shape index (κ3) is 5.20. The van der Waals surface area contributed by atoms with Crippen molar-refractivity contribution >= 4 is 39.4 Å². The van der Waals surface area contributed by atoms with Gasteiger partial charge in [0.1, 0.15) is 0 Å². The van der Waals surface area contributed by atoms with Crippen LogP contribution in [-0.2, 0) is 4.79 Å². The second-order valence-corrected chi connectivity index (χ2v) is 5.58.